The van der Waals surface area contributed by atoms with Crippen LogP contribution in [0.4, 0.5) is 5.69 Å². The highest BCUT2D eigenvalue weighted by Crippen LogP contribution is 2.24. The van der Waals surface area contributed by atoms with Gasteiger partial charge in [-0.25, -0.2) is 4.98 Å². The summed E-state index contributed by atoms with van der Waals surface area (Å²) in [6.07, 6.45) is 3.35. The van der Waals surface area contributed by atoms with Crippen LogP contribution in [0, 0.1) is 10.1 Å². The molecule has 0 spiro atoms. The number of nitrogens with zero attached hydrogens (tertiary/aromatic N) is 3. The molecule has 0 bridgehead atoms. The fraction of sp³-hybridized carbons (Fsp3) is 0.182. The van der Waals surface area contributed by atoms with Crippen LogP contribution in [0.25, 0.3) is 0 Å². The molecule has 0 amide bonds. The maximum atomic E-state index is 10.9. The van der Waals surface area contributed by atoms with Crippen LogP contribution in [-0.2, 0) is 12.4 Å². The number of nitro groups is 1. The van der Waals surface area contributed by atoms with Crippen molar-refractivity contribution in [1.82, 2.24) is 9.55 Å². The van der Waals surface area contributed by atoms with Crippen molar-refractivity contribution in [2.24, 2.45) is 0 Å². The highest BCUT2D eigenvalue weighted by Gasteiger charge is 2.14. The number of benzene rings is 1. The maximum absolute atomic E-state index is 10.9. The molecule has 0 saturated heterocycles. The molecular weight excluding hydrogens is 277 g/mol. The molecule has 5 nitrogen and oxygen atoms in total. The average Bonchev–Trinajstić information content (AvgIpc) is 2.79. The van der Waals surface area contributed by atoms with E-state index in [1.54, 1.807) is 29.2 Å². The van der Waals surface area contributed by atoms with Crippen molar-refractivity contribution >= 4 is 28.9 Å². The van der Waals surface area contributed by atoms with E-state index in [0.717, 1.165) is 5.69 Å². The van der Waals surface area contributed by atoms with E-state index in [2.05, 4.69) is 4.98 Å². The van der Waals surface area contributed by atoms with E-state index in [1.807, 2.05) is 0 Å². The molecular formula is C11H9Cl2N3O2. The summed E-state index contributed by atoms with van der Waals surface area (Å²) in [6, 6.07) is 4.61. The molecule has 0 saturated carbocycles. The fourth-order valence-electron chi connectivity index (χ4n) is 1.60. The zero-order valence-corrected chi connectivity index (χ0v) is 10.7. The van der Waals surface area contributed by atoms with E-state index in [1.165, 1.54) is 6.07 Å². The van der Waals surface area contributed by atoms with Gasteiger partial charge in [0.1, 0.15) is 0 Å². The second kappa shape index (κ2) is 5.37. The summed E-state index contributed by atoms with van der Waals surface area (Å²) in [4.78, 5) is 14.5. The quantitative estimate of drug-likeness (QED) is 0.492. The van der Waals surface area contributed by atoms with Gasteiger partial charge in [-0.15, -0.1) is 11.6 Å². The Bertz CT molecular complexity index is 583. The largest absolute Gasteiger partial charge is 0.332 e. The molecule has 0 atom stereocenters. The van der Waals surface area contributed by atoms with Crippen LogP contribution in [0.2, 0.25) is 5.02 Å². The summed E-state index contributed by atoms with van der Waals surface area (Å²) >= 11 is 11.4. The van der Waals surface area contributed by atoms with E-state index in [0.29, 0.717) is 23.0 Å². The Labute approximate surface area is 113 Å². The highest BCUT2D eigenvalue weighted by molar-refractivity contribution is 6.30. The Kier molecular flexibility index (Phi) is 3.84. The van der Waals surface area contributed by atoms with Crippen molar-refractivity contribution in [3.63, 3.8) is 0 Å². The number of aromatic nitrogens is 2. The lowest BCUT2D eigenvalue weighted by atomic mass is 10.2. The maximum Gasteiger partial charge on any atom is 0.275 e. The zero-order chi connectivity index (χ0) is 13.1. The van der Waals surface area contributed by atoms with Crippen LogP contribution in [0.3, 0.4) is 0 Å². The molecule has 0 unspecified atom stereocenters. The third kappa shape index (κ3) is 2.80. The highest BCUT2D eigenvalue weighted by atomic mass is 35.5. The standard InChI is InChI=1S/C11H9Cl2N3O2/c12-4-10-6-15(7-14-10)5-8-1-2-9(13)3-11(8)16(17)18/h1-3,6-7H,4-5H2. The van der Waals surface area contributed by atoms with Gasteiger partial charge in [-0.3, -0.25) is 10.1 Å². The third-order valence-corrected chi connectivity index (χ3v) is 2.93. The molecule has 94 valence electrons. The van der Waals surface area contributed by atoms with Gasteiger partial charge in [0.2, 0.25) is 0 Å². The molecule has 0 aliphatic carbocycles. The van der Waals surface area contributed by atoms with Gasteiger partial charge in [-0.2, -0.15) is 0 Å². The second-order valence-electron chi connectivity index (χ2n) is 3.70. The minimum Gasteiger partial charge on any atom is -0.332 e. The average molecular weight is 286 g/mol. The van der Waals surface area contributed by atoms with Crippen molar-refractivity contribution in [1.29, 1.82) is 0 Å². The van der Waals surface area contributed by atoms with Crippen molar-refractivity contribution < 1.29 is 4.92 Å². The lowest BCUT2D eigenvalue weighted by Gasteiger charge is -2.04. The van der Waals surface area contributed by atoms with E-state index in [-0.39, 0.29) is 5.69 Å². The molecule has 1 aromatic carbocycles. The van der Waals surface area contributed by atoms with Crippen molar-refractivity contribution in [3.8, 4) is 0 Å². The molecule has 18 heavy (non-hydrogen) atoms. The van der Waals surface area contributed by atoms with Crippen molar-refractivity contribution in [3.05, 3.63) is 57.1 Å². The van der Waals surface area contributed by atoms with Gasteiger partial charge in [0.15, 0.2) is 0 Å². The Morgan fingerprint density at radius 2 is 2.22 bits per heavy atom. The SMILES string of the molecule is O=[N+]([O-])c1cc(Cl)ccc1Cn1cnc(CCl)c1. The number of hydrogen-bond donors (Lipinski definition) is 0. The summed E-state index contributed by atoms with van der Waals surface area (Å²) in [7, 11) is 0. The van der Waals surface area contributed by atoms with Crippen LogP contribution in [-0.4, -0.2) is 14.5 Å². The van der Waals surface area contributed by atoms with Crippen LogP contribution < -0.4 is 0 Å². The molecule has 0 N–H and O–H groups in total. The lowest BCUT2D eigenvalue weighted by Crippen LogP contribution is -2.01. The predicted octanol–water partition coefficient (Wildman–Crippen LogP) is 3.23. The van der Waals surface area contributed by atoms with E-state index in [9.17, 15) is 10.1 Å². The monoisotopic (exact) mass is 285 g/mol. The number of alkyl halides is 1. The second-order valence-corrected chi connectivity index (χ2v) is 4.40. The molecule has 1 aromatic heterocycles. The molecule has 7 heteroatoms. The first-order valence-corrected chi connectivity index (χ1v) is 6.01. The Morgan fingerprint density at radius 3 is 2.83 bits per heavy atom. The van der Waals surface area contributed by atoms with E-state index < -0.39 is 4.92 Å². The lowest BCUT2D eigenvalue weighted by molar-refractivity contribution is -0.385. The van der Waals surface area contributed by atoms with Gasteiger partial charge < -0.3 is 4.57 Å². The predicted molar refractivity (Wildman–Crippen MR) is 69.0 cm³/mol. The first-order chi connectivity index (χ1) is 8.60. The van der Waals surface area contributed by atoms with Crippen LogP contribution >= 0.6 is 23.2 Å². The molecule has 1 heterocycles. The van der Waals surface area contributed by atoms with Crippen LogP contribution in [0.1, 0.15) is 11.3 Å². The molecule has 2 aromatic rings. The topological polar surface area (TPSA) is 61.0 Å². The number of halogens is 2. The Morgan fingerprint density at radius 1 is 1.44 bits per heavy atom. The van der Waals surface area contributed by atoms with Gasteiger partial charge in [-0.05, 0) is 12.1 Å². The normalized spacial score (nSPS) is 10.6. The van der Waals surface area contributed by atoms with Crippen molar-refractivity contribution in [2.75, 3.05) is 0 Å². The molecule has 0 aliphatic rings. The number of imidazole rings is 1. The Hall–Kier alpha value is -1.59. The van der Waals surface area contributed by atoms with Gasteiger partial charge >= 0.3 is 0 Å². The summed E-state index contributed by atoms with van der Waals surface area (Å²) in [5.74, 6) is 0.315. The number of nitro benzene ring substituents is 1. The van der Waals surface area contributed by atoms with Crippen molar-refractivity contribution in [2.45, 2.75) is 12.4 Å². The van der Waals surface area contributed by atoms with Gasteiger partial charge in [0.25, 0.3) is 5.69 Å². The summed E-state index contributed by atoms with van der Waals surface area (Å²) < 4.78 is 1.74. The molecule has 0 radical (unpaired) electrons. The minimum atomic E-state index is -0.444. The van der Waals surface area contributed by atoms with E-state index in [4.69, 9.17) is 23.2 Å². The first-order valence-electron chi connectivity index (χ1n) is 5.09. The molecule has 0 fully saturated rings. The summed E-state index contributed by atoms with van der Waals surface area (Å²) in [5.41, 5.74) is 1.31. The van der Waals surface area contributed by atoms with Crippen LogP contribution in [0.15, 0.2) is 30.7 Å². The van der Waals surface area contributed by atoms with Gasteiger partial charge in [-0.1, -0.05) is 11.6 Å². The van der Waals surface area contributed by atoms with Gasteiger partial charge in [0.05, 0.1) is 29.4 Å². The smallest absolute Gasteiger partial charge is 0.275 e. The molecule has 2 rings (SSSR count). The summed E-state index contributed by atoms with van der Waals surface area (Å²) in [5, 5.41) is 11.3. The first kappa shape index (κ1) is 12.9. The van der Waals surface area contributed by atoms with Gasteiger partial charge in [0, 0.05) is 22.8 Å². The number of hydrogen-bond acceptors (Lipinski definition) is 3. The van der Waals surface area contributed by atoms with E-state index >= 15 is 0 Å². The summed E-state index contributed by atoms with van der Waals surface area (Å²) in [6.45, 7) is 0.359. The minimum absolute atomic E-state index is 0.00336. The number of rotatable bonds is 4. The fourth-order valence-corrected chi connectivity index (χ4v) is 1.90. The zero-order valence-electron chi connectivity index (χ0n) is 9.22. The molecule has 0 aliphatic heterocycles. The van der Waals surface area contributed by atoms with Crippen LogP contribution in [0.5, 0.6) is 0 Å². The Balaban J connectivity index is 2.30. The third-order valence-electron chi connectivity index (χ3n) is 2.42.